The predicted octanol–water partition coefficient (Wildman–Crippen LogP) is 2.08. The van der Waals surface area contributed by atoms with E-state index >= 15 is 0 Å². The van der Waals surface area contributed by atoms with Crippen molar-refractivity contribution in [3.63, 3.8) is 0 Å². The topological polar surface area (TPSA) is 69.8 Å². The highest BCUT2D eigenvalue weighted by atomic mass is 16.3. The first-order chi connectivity index (χ1) is 12.5. The Labute approximate surface area is 155 Å². The molecule has 1 fully saturated rings. The Kier molecular flexibility index (Phi) is 5.78. The maximum Gasteiger partial charge on any atom is 0.226 e. The van der Waals surface area contributed by atoms with Gasteiger partial charge in [-0.2, -0.15) is 0 Å². The summed E-state index contributed by atoms with van der Waals surface area (Å²) >= 11 is 0. The molecule has 0 spiro atoms. The van der Waals surface area contributed by atoms with Crippen LogP contribution < -0.4 is 10.6 Å². The smallest absolute Gasteiger partial charge is 0.226 e. The van der Waals surface area contributed by atoms with Crippen LogP contribution in [0.3, 0.4) is 0 Å². The number of anilines is 2. The molecule has 1 atom stereocenters. The number of rotatable bonds is 6. The summed E-state index contributed by atoms with van der Waals surface area (Å²) in [6.45, 7) is 2.21. The molecule has 1 heterocycles. The number of β-amino-alcohol motifs (C(OH)–C–C–N with tert-alkyl or cyclic N) is 1. The number of nitrogens with zero attached hydrogens (tertiary/aromatic N) is 2. The molecule has 3 rings (SSSR count). The van der Waals surface area contributed by atoms with Crippen LogP contribution in [0.4, 0.5) is 11.4 Å². The highest BCUT2D eigenvalue weighted by molar-refractivity contribution is 5.80. The van der Waals surface area contributed by atoms with Crippen molar-refractivity contribution in [3.05, 3.63) is 59.7 Å². The molecule has 0 unspecified atom stereocenters. The van der Waals surface area contributed by atoms with E-state index in [9.17, 15) is 9.90 Å². The number of benzene rings is 2. The molecule has 5 heteroatoms. The number of hydrogen-bond acceptors (Lipinski definition) is 4. The molecule has 138 valence electrons. The molecule has 1 saturated heterocycles. The largest absolute Gasteiger partial charge is 0.398 e. The molecule has 0 radical (unpaired) electrons. The molecular formula is C21H27N3O2. The standard InChI is InChI=1S/C21H27N3O2/c1-23(21(26)14-17-7-2-4-8-19(17)22)12-10-16-6-3-5-9-20(16)24-13-11-18(25)15-24/h2-9,18,25H,10-15,22H2,1H3/t18-/m0/s1. The van der Waals surface area contributed by atoms with Gasteiger partial charge in [0.2, 0.25) is 5.91 Å². The Morgan fingerprint density at radius 1 is 1.19 bits per heavy atom. The maximum absolute atomic E-state index is 12.5. The Balaban J connectivity index is 1.60. The number of para-hydroxylation sites is 2. The zero-order valence-electron chi connectivity index (χ0n) is 15.3. The zero-order chi connectivity index (χ0) is 18.5. The van der Waals surface area contributed by atoms with Crippen molar-refractivity contribution in [1.29, 1.82) is 0 Å². The molecule has 26 heavy (non-hydrogen) atoms. The number of carbonyl (C=O) groups excluding carboxylic acids is 1. The van der Waals surface area contributed by atoms with E-state index in [4.69, 9.17) is 5.73 Å². The summed E-state index contributed by atoms with van der Waals surface area (Å²) in [5.74, 6) is 0.0666. The summed E-state index contributed by atoms with van der Waals surface area (Å²) < 4.78 is 0. The van der Waals surface area contributed by atoms with Crippen LogP contribution in [0.5, 0.6) is 0 Å². The van der Waals surface area contributed by atoms with Crippen LogP contribution in [0.2, 0.25) is 0 Å². The van der Waals surface area contributed by atoms with Crippen molar-refractivity contribution < 1.29 is 9.90 Å². The van der Waals surface area contributed by atoms with Crippen molar-refractivity contribution in [2.75, 3.05) is 37.3 Å². The third kappa shape index (κ3) is 4.35. The van der Waals surface area contributed by atoms with E-state index in [0.29, 0.717) is 25.2 Å². The minimum Gasteiger partial charge on any atom is -0.398 e. The van der Waals surface area contributed by atoms with Crippen LogP contribution in [0.25, 0.3) is 0 Å². The van der Waals surface area contributed by atoms with E-state index in [1.807, 2.05) is 43.4 Å². The molecule has 0 aromatic heterocycles. The lowest BCUT2D eigenvalue weighted by molar-refractivity contribution is -0.129. The third-order valence-corrected chi connectivity index (χ3v) is 5.03. The zero-order valence-corrected chi connectivity index (χ0v) is 15.3. The SMILES string of the molecule is CN(CCc1ccccc1N1CC[C@H](O)C1)C(=O)Cc1ccccc1N. The number of aliphatic hydroxyl groups is 1. The van der Waals surface area contributed by atoms with Crippen LogP contribution in [0, 0.1) is 0 Å². The first-order valence-corrected chi connectivity index (χ1v) is 9.13. The molecule has 0 saturated carbocycles. The van der Waals surface area contributed by atoms with Gasteiger partial charge in [-0.15, -0.1) is 0 Å². The molecule has 2 aromatic carbocycles. The van der Waals surface area contributed by atoms with E-state index in [0.717, 1.165) is 30.6 Å². The molecule has 1 aliphatic rings. The number of hydrogen-bond donors (Lipinski definition) is 2. The van der Waals surface area contributed by atoms with E-state index in [2.05, 4.69) is 17.0 Å². The number of nitrogen functional groups attached to an aromatic ring is 1. The fourth-order valence-corrected chi connectivity index (χ4v) is 3.40. The first kappa shape index (κ1) is 18.3. The van der Waals surface area contributed by atoms with Crippen molar-refractivity contribution in [2.45, 2.75) is 25.4 Å². The average molecular weight is 353 g/mol. The van der Waals surface area contributed by atoms with Gasteiger partial charge in [-0.05, 0) is 36.1 Å². The minimum atomic E-state index is -0.247. The van der Waals surface area contributed by atoms with Crippen molar-refractivity contribution in [1.82, 2.24) is 4.90 Å². The van der Waals surface area contributed by atoms with Gasteiger partial charge < -0.3 is 20.6 Å². The molecular weight excluding hydrogens is 326 g/mol. The molecule has 3 N–H and O–H groups in total. The van der Waals surface area contributed by atoms with Gasteiger partial charge in [0.05, 0.1) is 12.5 Å². The van der Waals surface area contributed by atoms with E-state index in [-0.39, 0.29) is 12.0 Å². The normalized spacial score (nSPS) is 16.7. The van der Waals surface area contributed by atoms with Gasteiger partial charge >= 0.3 is 0 Å². The number of aliphatic hydroxyl groups excluding tert-OH is 1. The maximum atomic E-state index is 12.5. The van der Waals surface area contributed by atoms with Gasteiger partial charge in [-0.3, -0.25) is 4.79 Å². The minimum absolute atomic E-state index is 0.0666. The van der Waals surface area contributed by atoms with Crippen LogP contribution in [0.15, 0.2) is 48.5 Å². The Bertz CT molecular complexity index is 762. The van der Waals surface area contributed by atoms with E-state index in [1.54, 1.807) is 4.90 Å². The highest BCUT2D eigenvalue weighted by Crippen LogP contribution is 2.25. The number of carbonyl (C=O) groups is 1. The molecule has 5 nitrogen and oxygen atoms in total. The number of amides is 1. The summed E-state index contributed by atoms with van der Waals surface area (Å²) in [5, 5.41) is 9.80. The molecule has 1 aliphatic heterocycles. The predicted molar refractivity (Wildman–Crippen MR) is 105 cm³/mol. The number of likely N-dealkylation sites (N-methyl/N-ethyl adjacent to an activating group) is 1. The molecule has 0 bridgehead atoms. The summed E-state index contributed by atoms with van der Waals surface area (Å²) in [6.07, 6.45) is 1.67. The Morgan fingerprint density at radius 2 is 1.88 bits per heavy atom. The summed E-state index contributed by atoms with van der Waals surface area (Å²) in [4.78, 5) is 16.5. The van der Waals surface area contributed by atoms with Gasteiger partial charge in [0.15, 0.2) is 0 Å². The average Bonchev–Trinajstić information content (AvgIpc) is 3.08. The summed E-state index contributed by atoms with van der Waals surface area (Å²) in [7, 11) is 1.84. The van der Waals surface area contributed by atoms with Gasteiger partial charge in [0.25, 0.3) is 0 Å². The fourth-order valence-electron chi connectivity index (χ4n) is 3.40. The second-order valence-corrected chi connectivity index (χ2v) is 6.96. The van der Waals surface area contributed by atoms with Crippen LogP contribution in [-0.2, 0) is 17.6 Å². The lowest BCUT2D eigenvalue weighted by Gasteiger charge is -2.23. The first-order valence-electron chi connectivity index (χ1n) is 9.13. The molecule has 2 aromatic rings. The second-order valence-electron chi connectivity index (χ2n) is 6.96. The number of nitrogens with two attached hydrogens (primary N) is 1. The van der Waals surface area contributed by atoms with E-state index < -0.39 is 0 Å². The second kappa shape index (κ2) is 8.23. The third-order valence-electron chi connectivity index (χ3n) is 5.03. The van der Waals surface area contributed by atoms with Crippen LogP contribution >= 0.6 is 0 Å². The summed E-state index contributed by atoms with van der Waals surface area (Å²) in [6, 6.07) is 15.7. The van der Waals surface area contributed by atoms with Gasteiger partial charge in [0, 0.05) is 38.1 Å². The van der Waals surface area contributed by atoms with E-state index in [1.165, 1.54) is 5.56 Å². The Morgan fingerprint density at radius 3 is 2.58 bits per heavy atom. The molecule has 1 amide bonds. The lowest BCUT2D eigenvalue weighted by Crippen LogP contribution is -2.31. The van der Waals surface area contributed by atoms with Crippen molar-refractivity contribution >= 4 is 17.3 Å². The Hall–Kier alpha value is -2.53. The quantitative estimate of drug-likeness (QED) is 0.780. The van der Waals surface area contributed by atoms with Gasteiger partial charge in [-0.25, -0.2) is 0 Å². The van der Waals surface area contributed by atoms with Gasteiger partial charge in [-0.1, -0.05) is 36.4 Å². The van der Waals surface area contributed by atoms with Crippen molar-refractivity contribution in [2.24, 2.45) is 0 Å². The van der Waals surface area contributed by atoms with Crippen LogP contribution in [0.1, 0.15) is 17.5 Å². The summed E-state index contributed by atoms with van der Waals surface area (Å²) in [5.41, 5.74) is 9.84. The molecule has 0 aliphatic carbocycles. The van der Waals surface area contributed by atoms with Gasteiger partial charge in [0.1, 0.15) is 0 Å². The lowest BCUT2D eigenvalue weighted by atomic mass is 10.1. The highest BCUT2D eigenvalue weighted by Gasteiger charge is 2.22. The van der Waals surface area contributed by atoms with Crippen molar-refractivity contribution in [3.8, 4) is 0 Å². The fraction of sp³-hybridized carbons (Fsp3) is 0.381. The monoisotopic (exact) mass is 353 g/mol. The van der Waals surface area contributed by atoms with Crippen LogP contribution in [-0.4, -0.2) is 48.7 Å².